The quantitative estimate of drug-likeness (QED) is 0.846. The maximum atomic E-state index is 12.4. The number of hydrogen-bond acceptors (Lipinski definition) is 2. The summed E-state index contributed by atoms with van der Waals surface area (Å²) in [7, 11) is 0. The van der Waals surface area contributed by atoms with Gasteiger partial charge in [-0.3, -0.25) is 9.59 Å². The first-order chi connectivity index (χ1) is 9.58. The molecular weight excluding hydrogens is 252 g/mol. The van der Waals surface area contributed by atoms with Gasteiger partial charge in [0.1, 0.15) is 0 Å². The minimum absolute atomic E-state index is 0.0183. The van der Waals surface area contributed by atoms with E-state index in [1.54, 1.807) is 4.90 Å². The minimum atomic E-state index is 0.0183. The summed E-state index contributed by atoms with van der Waals surface area (Å²) in [5.74, 6) is 0.627. The molecule has 1 aliphatic heterocycles. The van der Waals surface area contributed by atoms with Crippen molar-refractivity contribution in [2.75, 3.05) is 26.2 Å². The highest BCUT2D eigenvalue weighted by molar-refractivity contribution is 5.94. The van der Waals surface area contributed by atoms with Gasteiger partial charge in [0.15, 0.2) is 0 Å². The molecule has 1 aromatic rings. The summed E-state index contributed by atoms with van der Waals surface area (Å²) in [6.07, 6.45) is 0.422. The summed E-state index contributed by atoms with van der Waals surface area (Å²) in [5, 5.41) is 0. The summed E-state index contributed by atoms with van der Waals surface area (Å²) in [6, 6.07) is 9.26. The molecule has 2 rings (SSSR count). The maximum absolute atomic E-state index is 12.4. The van der Waals surface area contributed by atoms with Crippen molar-refractivity contribution in [3.63, 3.8) is 0 Å². The van der Waals surface area contributed by atoms with Gasteiger partial charge >= 0.3 is 0 Å². The van der Waals surface area contributed by atoms with Gasteiger partial charge in [-0.1, -0.05) is 32.0 Å². The van der Waals surface area contributed by atoms with Gasteiger partial charge in [-0.15, -0.1) is 0 Å². The Morgan fingerprint density at radius 1 is 1.15 bits per heavy atom. The Morgan fingerprint density at radius 2 is 1.85 bits per heavy atom. The van der Waals surface area contributed by atoms with Crippen molar-refractivity contribution in [2.24, 2.45) is 5.92 Å². The Balaban J connectivity index is 2.02. The number of carbonyl (C=O) groups excluding carboxylic acids is 2. The van der Waals surface area contributed by atoms with Crippen molar-refractivity contribution in [1.82, 2.24) is 9.80 Å². The second-order valence-corrected chi connectivity index (χ2v) is 5.64. The highest BCUT2D eigenvalue weighted by atomic mass is 16.2. The van der Waals surface area contributed by atoms with E-state index in [1.807, 2.05) is 35.2 Å². The predicted molar refractivity (Wildman–Crippen MR) is 78.4 cm³/mol. The van der Waals surface area contributed by atoms with Crippen LogP contribution in [-0.2, 0) is 4.79 Å². The van der Waals surface area contributed by atoms with E-state index in [0.29, 0.717) is 37.5 Å². The van der Waals surface area contributed by atoms with Crippen molar-refractivity contribution < 1.29 is 9.59 Å². The number of nitrogens with zero attached hydrogens (tertiary/aromatic N) is 2. The molecule has 1 aliphatic rings. The zero-order valence-electron chi connectivity index (χ0n) is 12.2. The summed E-state index contributed by atoms with van der Waals surface area (Å²) in [4.78, 5) is 28.1. The van der Waals surface area contributed by atoms with Crippen molar-refractivity contribution in [3.8, 4) is 0 Å². The fourth-order valence-corrected chi connectivity index (χ4v) is 2.47. The van der Waals surface area contributed by atoms with Crippen LogP contribution in [0.4, 0.5) is 0 Å². The molecule has 1 fully saturated rings. The lowest BCUT2D eigenvalue weighted by Crippen LogP contribution is -2.37. The standard InChI is InChI=1S/C16H22N2O2/c1-13(2)12-18-11-10-17(9-8-15(18)19)16(20)14-6-4-3-5-7-14/h3-7,13H,8-12H2,1-2H3. The van der Waals surface area contributed by atoms with E-state index >= 15 is 0 Å². The SMILES string of the molecule is CC(C)CN1CCN(C(=O)c2ccccc2)CCC1=O. The first-order valence-electron chi connectivity index (χ1n) is 7.20. The molecule has 4 nitrogen and oxygen atoms in total. The molecule has 4 heteroatoms. The van der Waals surface area contributed by atoms with Crippen LogP contribution in [0.25, 0.3) is 0 Å². The molecule has 108 valence electrons. The monoisotopic (exact) mass is 274 g/mol. The van der Waals surface area contributed by atoms with Crippen LogP contribution >= 0.6 is 0 Å². The smallest absolute Gasteiger partial charge is 0.253 e. The van der Waals surface area contributed by atoms with E-state index < -0.39 is 0 Å². The van der Waals surface area contributed by atoms with E-state index in [9.17, 15) is 9.59 Å². The average Bonchev–Trinajstić information content (AvgIpc) is 2.62. The fraction of sp³-hybridized carbons (Fsp3) is 0.500. The normalized spacial score (nSPS) is 16.4. The molecular formula is C16H22N2O2. The largest absolute Gasteiger partial charge is 0.341 e. The first-order valence-corrected chi connectivity index (χ1v) is 7.20. The average molecular weight is 274 g/mol. The van der Waals surface area contributed by atoms with Crippen LogP contribution in [0, 0.1) is 5.92 Å². The van der Waals surface area contributed by atoms with Gasteiger partial charge in [0.2, 0.25) is 5.91 Å². The first kappa shape index (κ1) is 14.6. The third-order valence-electron chi connectivity index (χ3n) is 3.48. The second-order valence-electron chi connectivity index (χ2n) is 5.64. The van der Waals surface area contributed by atoms with Crippen LogP contribution in [0.1, 0.15) is 30.6 Å². The molecule has 0 spiro atoms. The Kier molecular flexibility index (Phi) is 4.77. The molecule has 1 aromatic carbocycles. The van der Waals surface area contributed by atoms with Crippen molar-refractivity contribution in [1.29, 1.82) is 0 Å². The van der Waals surface area contributed by atoms with Gasteiger partial charge in [-0.25, -0.2) is 0 Å². The number of hydrogen-bond donors (Lipinski definition) is 0. The van der Waals surface area contributed by atoms with Crippen LogP contribution in [0.5, 0.6) is 0 Å². The predicted octanol–water partition coefficient (Wildman–Crippen LogP) is 2.02. The minimum Gasteiger partial charge on any atom is -0.341 e. The van der Waals surface area contributed by atoms with Gasteiger partial charge in [0.05, 0.1) is 0 Å². The third-order valence-corrected chi connectivity index (χ3v) is 3.48. The zero-order valence-corrected chi connectivity index (χ0v) is 12.2. The highest BCUT2D eigenvalue weighted by Gasteiger charge is 2.24. The number of carbonyl (C=O) groups is 2. The van der Waals surface area contributed by atoms with Gasteiger partial charge in [-0.05, 0) is 18.1 Å². The van der Waals surface area contributed by atoms with Gasteiger partial charge in [-0.2, -0.15) is 0 Å². The van der Waals surface area contributed by atoms with Crippen molar-refractivity contribution >= 4 is 11.8 Å². The molecule has 0 aromatic heterocycles. The number of amides is 2. The van der Waals surface area contributed by atoms with Crippen LogP contribution in [0.2, 0.25) is 0 Å². The molecule has 0 radical (unpaired) electrons. The van der Waals surface area contributed by atoms with Crippen molar-refractivity contribution in [2.45, 2.75) is 20.3 Å². The second kappa shape index (κ2) is 6.55. The Morgan fingerprint density at radius 3 is 2.50 bits per heavy atom. The molecule has 2 amide bonds. The molecule has 0 atom stereocenters. The van der Waals surface area contributed by atoms with E-state index in [2.05, 4.69) is 13.8 Å². The summed E-state index contributed by atoms with van der Waals surface area (Å²) >= 11 is 0. The Labute approximate surface area is 120 Å². The van der Waals surface area contributed by atoms with Crippen LogP contribution in [0.3, 0.4) is 0 Å². The molecule has 20 heavy (non-hydrogen) atoms. The van der Waals surface area contributed by atoms with E-state index in [1.165, 1.54) is 0 Å². The van der Waals surface area contributed by atoms with E-state index in [-0.39, 0.29) is 11.8 Å². The highest BCUT2D eigenvalue weighted by Crippen LogP contribution is 2.11. The van der Waals surface area contributed by atoms with Crippen LogP contribution in [0.15, 0.2) is 30.3 Å². The van der Waals surface area contributed by atoms with Gasteiger partial charge < -0.3 is 9.80 Å². The topological polar surface area (TPSA) is 40.6 Å². The zero-order chi connectivity index (χ0) is 14.5. The molecule has 0 aliphatic carbocycles. The lowest BCUT2D eigenvalue weighted by atomic mass is 10.2. The number of rotatable bonds is 3. The molecule has 0 unspecified atom stereocenters. The molecule has 0 saturated carbocycles. The summed E-state index contributed by atoms with van der Waals surface area (Å²) < 4.78 is 0. The molecule has 1 saturated heterocycles. The molecule has 0 bridgehead atoms. The lowest BCUT2D eigenvalue weighted by molar-refractivity contribution is -0.130. The summed E-state index contributed by atoms with van der Waals surface area (Å²) in [6.45, 7) is 6.74. The Hall–Kier alpha value is -1.84. The van der Waals surface area contributed by atoms with Crippen molar-refractivity contribution in [3.05, 3.63) is 35.9 Å². The molecule has 1 heterocycles. The Bertz CT molecular complexity index is 471. The number of benzene rings is 1. The van der Waals surface area contributed by atoms with E-state index in [0.717, 1.165) is 6.54 Å². The summed E-state index contributed by atoms with van der Waals surface area (Å²) in [5.41, 5.74) is 0.692. The van der Waals surface area contributed by atoms with Gasteiger partial charge in [0.25, 0.3) is 5.91 Å². The maximum Gasteiger partial charge on any atom is 0.253 e. The third kappa shape index (κ3) is 3.59. The fourth-order valence-electron chi connectivity index (χ4n) is 2.47. The van der Waals surface area contributed by atoms with E-state index in [4.69, 9.17) is 0 Å². The molecule has 0 N–H and O–H groups in total. The lowest BCUT2D eigenvalue weighted by Gasteiger charge is -2.23. The van der Waals surface area contributed by atoms with Crippen LogP contribution in [-0.4, -0.2) is 47.8 Å². The van der Waals surface area contributed by atoms with Gasteiger partial charge in [0, 0.05) is 38.2 Å². The van der Waals surface area contributed by atoms with Crippen LogP contribution < -0.4 is 0 Å².